The molecule has 0 spiro atoms. The Morgan fingerprint density at radius 3 is 2.71 bits per heavy atom. The first-order chi connectivity index (χ1) is 6.70. The van der Waals surface area contributed by atoms with Gasteiger partial charge in [-0.3, -0.25) is 0 Å². The Morgan fingerprint density at radius 2 is 2.00 bits per heavy atom. The molecule has 1 aromatic carbocycles. The summed E-state index contributed by atoms with van der Waals surface area (Å²) in [5, 5.41) is 1.09. The van der Waals surface area contributed by atoms with Crippen molar-refractivity contribution >= 4 is 39.8 Å². The first-order valence-corrected chi connectivity index (χ1v) is 4.46. The minimum atomic E-state index is 0.0876. The largest absolute Gasteiger partial charge is 0.238 e. The van der Waals surface area contributed by atoms with Gasteiger partial charge in [0.25, 0.3) is 0 Å². The second kappa shape index (κ2) is 3.41. The minimum absolute atomic E-state index is 0.0876. The number of nitrogens with zero attached hydrogens (tertiary/aromatic N) is 3. The van der Waals surface area contributed by atoms with Gasteiger partial charge in [-0.25, -0.2) is 14.8 Å². The maximum Gasteiger partial charge on any atom is 0.224 e. The highest BCUT2D eigenvalue weighted by Crippen LogP contribution is 2.25. The molecule has 0 atom stereocenters. The maximum absolute atomic E-state index is 6.84. The summed E-state index contributed by atoms with van der Waals surface area (Å²) in [6.45, 7) is 6.84. The molecule has 0 radical (unpaired) electrons. The van der Waals surface area contributed by atoms with E-state index in [2.05, 4.69) is 14.8 Å². The lowest BCUT2D eigenvalue weighted by Gasteiger charge is -1.99. The van der Waals surface area contributed by atoms with Crippen molar-refractivity contribution in [2.24, 2.45) is 0 Å². The van der Waals surface area contributed by atoms with Gasteiger partial charge in [0.2, 0.25) is 5.28 Å². The summed E-state index contributed by atoms with van der Waals surface area (Å²) in [4.78, 5) is 11.1. The molecule has 0 bridgehead atoms. The van der Waals surface area contributed by atoms with E-state index in [1.165, 1.54) is 0 Å². The van der Waals surface area contributed by atoms with Gasteiger partial charge in [-0.1, -0.05) is 23.7 Å². The van der Waals surface area contributed by atoms with Crippen molar-refractivity contribution in [1.29, 1.82) is 0 Å². The number of aromatic nitrogens is 2. The predicted octanol–water partition coefficient (Wildman–Crippen LogP) is 3.49. The van der Waals surface area contributed by atoms with Crippen molar-refractivity contribution in [2.75, 3.05) is 0 Å². The van der Waals surface area contributed by atoms with Gasteiger partial charge < -0.3 is 0 Å². The monoisotopic (exact) mass is 223 g/mol. The topological polar surface area (TPSA) is 30.1 Å². The fourth-order valence-electron chi connectivity index (χ4n) is 1.12. The number of rotatable bonds is 0. The lowest BCUT2D eigenvalue weighted by Crippen LogP contribution is -1.85. The quantitative estimate of drug-likeness (QED) is 0.389. The zero-order valence-electron chi connectivity index (χ0n) is 6.83. The van der Waals surface area contributed by atoms with Crippen LogP contribution in [0.5, 0.6) is 0 Å². The number of hydrogen-bond donors (Lipinski definition) is 0. The van der Waals surface area contributed by atoms with Gasteiger partial charge in [0.15, 0.2) is 5.69 Å². The average molecular weight is 224 g/mol. The van der Waals surface area contributed by atoms with E-state index < -0.39 is 0 Å². The molecule has 1 heterocycles. The first-order valence-electron chi connectivity index (χ1n) is 3.71. The normalized spacial score (nSPS) is 10.1. The summed E-state index contributed by atoms with van der Waals surface area (Å²) in [6.07, 6.45) is 0. The highest BCUT2D eigenvalue weighted by Gasteiger charge is 2.04. The molecule has 0 unspecified atom stereocenters. The fraction of sp³-hybridized carbons (Fsp3) is 0. The third kappa shape index (κ3) is 1.50. The van der Waals surface area contributed by atoms with Crippen molar-refractivity contribution in [1.82, 2.24) is 9.97 Å². The van der Waals surface area contributed by atoms with Crippen LogP contribution in [0.25, 0.3) is 15.7 Å². The standard InChI is InChI=1S/C9H3Cl2N3/c1-12-5-2-3-6-7(4-5)13-9(11)14-8(6)10/h2-4H. The third-order valence-electron chi connectivity index (χ3n) is 1.74. The van der Waals surface area contributed by atoms with E-state index in [1.807, 2.05) is 0 Å². The average Bonchev–Trinajstić information content (AvgIpc) is 2.16. The molecule has 0 aliphatic carbocycles. The van der Waals surface area contributed by atoms with E-state index in [4.69, 9.17) is 29.8 Å². The Kier molecular flexibility index (Phi) is 2.24. The molecule has 3 nitrogen and oxygen atoms in total. The smallest absolute Gasteiger partial charge is 0.224 e. The summed E-state index contributed by atoms with van der Waals surface area (Å²) in [7, 11) is 0. The molecular formula is C9H3Cl2N3. The number of fused-ring (bicyclic) bond motifs is 1. The lowest BCUT2D eigenvalue weighted by atomic mass is 10.2. The van der Waals surface area contributed by atoms with Gasteiger partial charge in [0.1, 0.15) is 5.15 Å². The summed E-state index contributed by atoms with van der Waals surface area (Å²) in [5.41, 5.74) is 1.09. The Labute approximate surface area is 90.1 Å². The molecular weight excluding hydrogens is 221 g/mol. The van der Waals surface area contributed by atoms with E-state index in [-0.39, 0.29) is 5.28 Å². The van der Waals surface area contributed by atoms with Crippen LogP contribution in [0, 0.1) is 6.57 Å². The van der Waals surface area contributed by atoms with Crippen LogP contribution in [0.3, 0.4) is 0 Å². The van der Waals surface area contributed by atoms with Crippen LogP contribution in [-0.4, -0.2) is 9.97 Å². The SMILES string of the molecule is [C-]#[N+]c1ccc2c(Cl)nc(Cl)nc2c1. The zero-order valence-corrected chi connectivity index (χ0v) is 8.34. The Hall–Kier alpha value is -1.37. The Balaban J connectivity index is 2.83. The second-order valence-electron chi connectivity index (χ2n) is 2.60. The van der Waals surface area contributed by atoms with Crippen LogP contribution in [0.2, 0.25) is 10.4 Å². The molecule has 2 rings (SSSR count). The second-order valence-corrected chi connectivity index (χ2v) is 3.29. The first kappa shape index (κ1) is 9.20. The molecule has 0 fully saturated rings. The van der Waals surface area contributed by atoms with Crippen LogP contribution in [-0.2, 0) is 0 Å². The lowest BCUT2D eigenvalue weighted by molar-refractivity contribution is 1.22. The summed E-state index contributed by atoms with van der Waals surface area (Å²) < 4.78 is 0. The van der Waals surface area contributed by atoms with Crippen molar-refractivity contribution in [2.45, 2.75) is 0 Å². The van der Waals surface area contributed by atoms with Crippen molar-refractivity contribution < 1.29 is 0 Å². The molecule has 1 aromatic heterocycles. The summed E-state index contributed by atoms with van der Waals surface area (Å²) in [5.74, 6) is 0. The highest BCUT2D eigenvalue weighted by atomic mass is 35.5. The zero-order chi connectivity index (χ0) is 10.1. The number of hydrogen-bond acceptors (Lipinski definition) is 2. The van der Waals surface area contributed by atoms with Crippen molar-refractivity contribution in [3.05, 3.63) is 40.1 Å². The van der Waals surface area contributed by atoms with Gasteiger partial charge in [0.05, 0.1) is 12.1 Å². The molecule has 2 aromatic rings. The van der Waals surface area contributed by atoms with Crippen LogP contribution >= 0.6 is 23.2 Å². The molecule has 5 heteroatoms. The van der Waals surface area contributed by atoms with Gasteiger partial charge in [-0.2, -0.15) is 0 Å². The van der Waals surface area contributed by atoms with Gasteiger partial charge >= 0.3 is 0 Å². The molecule has 0 N–H and O–H groups in total. The highest BCUT2D eigenvalue weighted by molar-refractivity contribution is 6.35. The summed E-state index contributed by atoms with van der Waals surface area (Å²) >= 11 is 11.5. The fourth-order valence-corrected chi connectivity index (χ4v) is 1.58. The van der Waals surface area contributed by atoms with Crippen LogP contribution < -0.4 is 0 Å². The van der Waals surface area contributed by atoms with E-state index in [0.717, 1.165) is 0 Å². The Bertz CT molecular complexity index is 545. The number of halogens is 2. The maximum atomic E-state index is 6.84. The minimum Gasteiger partial charge on any atom is -0.238 e. The predicted molar refractivity (Wildman–Crippen MR) is 55.8 cm³/mol. The van der Waals surface area contributed by atoms with Crippen LogP contribution in [0.15, 0.2) is 18.2 Å². The van der Waals surface area contributed by atoms with E-state index in [0.29, 0.717) is 21.7 Å². The molecule has 0 amide bonds. The molecule has 0 aliphatic heterocycles. The van der Waals surface area contributed by atoms with Gasteiger partial charge in [-0.15, -0.1) is 0 Å². The van der Waals surface area contributed by atoms with Crippen molar-refractivity contribution in [3.8, 4) is 0 Å². The Morgan fingerprint density at radius 1 is 1.21 bits per heavy atom. The molecule has 0 aliphatic rings. The van der Waals surface area contributed by atoms with E-state index in [9.17, 15) is 0 Å². The van der Waals surface area contributed by atoms with Crippen molar-refractivity contribution in [3.63, 3.8) is 0 Å². The molecule has 0 saturated carbocycles. The third-order valence-corrected chi connectivity index (χ3v) is 2.19. The van der Waals surface area contributed by atoms with Crippen LogP contribution in [0.4, 0.5) is 5.69 Å². The number of benzene rings is 1. The van der Waals surface area contributed by atoms with E-state index >= 15 is 0 Å². The van der Waals surface area contributed by atoms with E-state index in [1.54, 1.807) is 18.2 Å². The summed E-state index contributed by atoms with van der Waals surface area (Å²) in [6, 6.07) is 5.00. The van der Waals surface area contributed by atoms with Crippen LogP contribution in [0.1, 0.15) is 0 Å². The van der Waals surface area contributed by atoms with Gasteiger partial charge in [-0.05, 0) is 17.7 Å². The molecule has 68 valence electrons. The van der Waals surface area contributed by atoms with Gasteiger partial charge in [0, 0.05) is 5.39 Å². The molecule has 14 heavy (non-hydrogen) atoms. The molecule has 0 saturated heterocycles.